The van der Waals surface area contributed by atoms with Crippen LogP contribution in [0.4, 0.5) is 0 Å². The third-order valence-electron chi connectivity index (χ3n) is 4.90. The van der Waals surface area contributed by atoms with E-state index in [0.717, 1.165) is 24.0 Å². The molecular weight excluding hydrogens is 328 g/mol. The summed E-state index contributed by atoms with van der Waals surface area (Å²) in [6.07, 6.45) is 0. The molecule has 2 heterocycles. The fraction of sp³-hybridized carbons (Fsp3) is 0.238. The van der Waals surface area contributed by atoms with Gasteiger partial charge in [0.25, 0.3) is 5.91 Å². The molecule has 2 aromatic carbocycles. The molecule has 0 bridgehead atoms. The maximum absolute atomic E-state index is 13.2. The summed E-state index contributed by atoms with van der Waals surface area (Å²) in [6.45, 7) is 2.07. The van der Waals surface area contributed by atoms with Crippen LogP contribution in [0.5, 0.6) is 0 Å². The third-order valence-corrected chi connectivity index (χ3v) is 4.90. The van der Waals surface area contributed by atoms with Crippen LogP contribution in [0.1, 0.15) is 22.0 Å². The smallest absolute Gasteiger partial charge is 0.349 e. The summed E-state index contributed by atoms with van der Waals surface area (Å²) >= 11 is 0. The first-order valence-electron chi connectivity index (χ1n) is 8.71. The van der Waals surface area contributed by atoms with E-state index in [1.165, 1.54) is 0 Å². The van der Waals surface area contributed by atoms with E-state index in [0.29, 0.717) is 12.1 Å². The van der Waals surface area contributed by atoms with Gasteiger partial charge in [-0.25, -0.2) is 4.79 Å². The number of nitrogens with zero attached hydrogens (tertiary/aromatic N) is 2. The van der Waals surface area contributed by atoms with Crippen molar-refractivity contribution in [2.75, 3.05) is 26.7 Å². The molecular formula is C21H20N2O3. The number of likely N-dealkylation sites (N-methyl/N-ethyl adjacent to an activating group) is 1. The number of hydrogen-bond acceptors (Lipinski definition) is 4. The zero-order chi connectivity index (χ0) is 18.1. The maximum Gasteiger partial charge on any atom is 0.349 e. The third kappa shape index (κ3) is 3.02. The first-order valence-corrected chi connectivity index (χ1v) is 8.71. The van der Waals surface area contributed by atoms with E-state index in [1.54, 1.807) is 23.1 Å². The molecule has 5 nitrogen and oxygen atoms in total. The number of benzene rings is 2. The van der Waals surface area contributed by atoms with Crippen LogP contribution >= 0.6 is 0 Å². The summed E-state index contributed by atoms with van der Waals surface area (Å²) in [4.78, 5) is 29.6. The SMILES string of the molecule is CN1CCN(C(=O)c2cc3ccccc3oc2=O)C(c2ccccc2)C1. The normalized spacial score (nSPS) is 18.2. The summed E-state index contributed by atoms with van der Waals surface area (Å²) in [5.41, 5.74) is 1.07. The molecule has 3 aromatic rings. The van der Waals surface area contributed by atoms with Crippen molar-refractivity contribution in [1.82, 2.24) is 9.80 Å². The van der Waals surface area contributed by atoms with Crippen molar-refractivity contribution in [2.45, 2.75) is 6.04 Å². The number of para-hydroxylation sites is 1. The topological polar surface area (TPSA) is 53.8 Å². The Morgan fingerprint density at radius 1 is 1.04 bits per heavy atom. The summed E-state index contributed by atoms with van der Waals surface area (Å²) < 4.78 is 5.35. The van der Waals surface area contributed by atoms with Crippen LogP contribution in [0.3, 0.4) is 0 Å². The molecule has 1 atom stereocenters. The van der Waals surface area contributed by atoms with Gasteiger partial charge in [0.15, 0.2) is 0 Å². The number of fused-ring (bicyclic) bond motifs is 1. The molecule has 1 amide bonds. The Bertz CT molecular complexity index is 997. The summed E-state index contributed by atoms with van der Waals surface area (Å²) in [5, 5.41) is 0.751. The van der Waals surface area contributed by atoms with E-state index in [1.807, 2.05) is 49.5 Å². The Hall–Kier alpha value is -2.92. The van der Waals surface area contributed by atoms with E-state index in [-0.39, 0.29) is 17.5 Å². The lowest BCUT2D eigenvalue weighted by molar-refractivity contribution is 0.0494. The van der Waals surface area contributed by atoms with Crippen molar-refractivity contribution in [3.63, 3.8) is 0 Å². The summed E-state index contributed by atoms with van der Waals surface area (Å²) in [6, 6.07) is 18.7. The van der Waals surface area contributed by atoms with Crippen LogP contribution in [0.2, 0.25) is 0 Å². The van der Waals surface area contributed by atoms with Gasteiger partial charge >= 0.3 is 5.63 Å². The molecule has 4 rings (SSSR count). The van der Waals surface area contributed by atoms with E-state index in [2.05, 4.69) is 4.90 Å². The Morgan fingerprint density at radius 3 is 2.58 bits per heavy atom. The lowest BCUT2D eigenvalue weighted by Gasteiger charge is -2.40. The van der Waals surface area contributed by atoms with Gasteiger partial charge in [-0.15, -0.1) is 0 Å². The predicted octanol–water partition coefficient (Wildman–Crippen LogP) is 2.92. The fourth-order valence-electron chi connectivity index (χ4n) is 3.49. The van der Waals surface area contributed by atoms with Gasteiger partial charge < -0.3 is 14.2 Å². The number of carbonyl (C=O) groups is 1. The minimum absolute atomic E-state index is 0.0895. The largest absolute Gasteiger partial charge is 0.422 e. The predicted molar refractivity (Wildman–Crippen MR) is 100 cm³/mol. The van der Waals surface area contributed by atoms with Crippen LogP contribution in [0.15, 0.2) is 69.9 Å². The van der Waals surface area contributed by atoms with Gasteiger partial charge in [0.1, 0.15) is 11.1 Å². The highest BCUT2D eigenvalue weighted by Gasteiger charge is 2.32. The van der Waals surface area contributed by atoms with Crippen LogP contribution in [0, 0.1) is 0 Å². The van der Waals surface area contributed by atoms with Gasteiger partial charge in [-0.3, -0.25) is 4.79 Å². The van der Waals surface area contributed by atoms with Gasteiger partial charge in [-0.05, 0) is 24.7 Å². The first-order chi connectivity index (χ1) is 12.6. The van der Waals surface area contributed by atoms with Gasteiger partial charge in [0.2, 0.25) is 0 Å². The van der Waals surface area contributed by atoms with E-state index < -0.39 is 5.63 Å². The van der Waals surface area contributed by atoms with Crippen molar-refractivity contribution in [1.29, 1.82) is 0 Å². The molecule has 0 radical (unpaired) electrons. The van der Waals surface area contributed by atoms with E-state index >= 15 is 0 Å². The molecule has 26 heavy (non-hydrogen) atoms. The molecule has 0 saturated carbocycles. The minimum Gasteiger partial charge on any atom is -0.422 e. The Labute approximate surface area is 151 Å². The first kappa shape index (κ1) is 16.5. The highest BCUT2D eigenvalue weighted by Crippen LogP contribution is 2.26. The summed E-state index contributed by atoms with van der Waals surface area (Å²) in [7, 11) is 2.04. The number of piperazine rings is 1. The van der Waals surface area contributed by atoms with Gasteiger partial charge in [0, 0.05) is 25.0 Å². The van der Waals surface area contributed by atoms with Gasteiger partial charge in [-0.1, -0.05) is 48.5 Å². The fourth-order valence-corrected chi connectivity index (χ4v) is 3.49. The molecule has 5 heteroatoms. The van der Waals surface area contributed by atoms with Crippen LogP contribution in [-0.2, 0) is 0 Å². The zero-order valence-electron chi connectivity index (χ0n) is 14.6. The average Bonchev–Trinajstić information content (AvgIpc) is 2.67. The average molecular weight is 348 g/mol. The van der Waals surface area contributed by atoms with Gasteiger partial charge in [-0.2, -0.15) is 0 Å². The van der Waals surface area contributed by atoms with Crippen LogP contribution in [-0.4, -0.2) is 42.4 Å². The highest BCUT2D eigenvalue weighted by molar-refractivity contribution is 5.97. The minimum atomic E-state index is -0.584. The Balaban J connectivity index is 1.74. The second kappa shape index (κ2) is 6.77. The molecule has 1 aromatic heterocycles. The monoisotopic (exact) mass is 348 g/mol. The standard InChI is InChI=1S/C21H20N2O3/c1-22-11-12-23(18(14-22)15-7-3-2-4-8-15)20(24)17-13-16-9-5-6-10-19(16)26-21(17)25/h2-10,13,18H,11-12,14H2,1H3. The van der Waals surface area contributed by atoms with E-state index in [9.17, 15) is 9.59 Å². The molecule has 0 aliphatic carbocycles. The van der Waals surface area contributed by atoms with Crippen molar-refractivity contribution in [3.05, 3.63) is 82.2 Å². The highest BCUT2D eigenvalue weighted by atomic mass is 16.4. The molecule has 1 fully saturated rings. The molecule has 0 N–H and O–H groups in total. The Kier molecular flexibility index (Phi) is 4.31. The second-order valence-electron chi connectivity index (χ2n) is 6.67. The number of amides is 1. The molecule has 1 unspecified atom stereocenters. The van der Waals surface area contributed by atoms with Crippen molar-refractivity contribution in [3.8, 4) is 0 Å². The second-order valence-corrected chi connectivity index (χ2v) is 6.67. The lowest BCUT2D eigenvalue weighted by Crippen LogP contribution is -2.50. The van der Waals surface area contributed by atoms with Crippen molar-refractivity contribution >= 4 is 16.9 Å². The molecule has 1 aliphatic rings. The zero-order valence-corrected chi connectivity index (χ0v) is 14.6. The van der Waals surface area contributed by atoms with Crippen LogP contribution in [0.25, 0.3) is 11.0 Å². The summed E-state index contributed by atoms with van der Waals surface area (Å²) in [5.74, 6) is -0.272. The quantitative estimate of drug-likeness (QED) is 0.668. The van der Waals surface area contributed by atoms with Gasteiger partial charge in [0.05, 0.1) is 6.04 Å². The molecule has 1 saturated heterocycles. The number of rotatable bonds is 2. The Morgan fingerprint density at radius 2 is 1.77 bits per heavy atom. The van der Waals surface area contributed by atoms with Crippen LogP contribution < -0.4 is 5.63 Å². The maximum atomic E-state index is 13.2. The van der Waals surface area contributed by atoms with Crippen molar-refractivity contribution in [2.24, 2.45) is 0 Å². The van der Waals surface area contributed by atoms with E-state index in [4.69, 9.17) is 4.42 Å². The molecule has 132 valence electrons. The molecule has 0 spiro atoms. The number of hydrogen-bond donors (Lipinski definition) is 0. The molecule has 1 aliphatic heterocycles. The number of carbonyl (C=O) groups excluding carboxylic acids is 1. The van der Waals surface area contributed by atoms with Crippen molar-refractivity contribution < 1.29 is 9.21 Å². The lowest BCUT2D eigenvalue weighted by atomic mass is 10.0.